The number of hydrogen-bond donors (Lipinski definition) is 1. The quantitative estimate of drug-likeness (QED) is 0.750. The summed E-state index contributed by atoms with van der Waals surface area (Å²) < 4.78 is 10.2. The van der Waals surface area contributed by atoms with E-state index < -0.39 is 0 Å². The minimum Gasteiger partial charge on any atom is -0.477 e. The Morgan fingerprint density at radius 2 is 2.19 bits per heavy atom. The maximum atomic E-state index is 5.21. The zero-order valence-electron chi connectivity index (χ0n) is 10.1. The zero-order chi connectivity index (χ0) is 11.8. The number of nitrogens with zero attached hydrogens (tertiary/aromatic N) is 2. The van der Waals surface area contributed by atoms with Crippen LogP contribution in [0, 0.1) is 0 Å². The van der Waals surface area contributed by atoms with Crippen LogP contribution in [-0.2, 0) is 11.3 Å². The minimum atomic E-state index is 0.304. The fourth-order valence-corrected chi connectivity index (χ4v) is 1.25. The summed E-state index contributed by atoms with van der Waals surface area (Å²) in [7, 11) is 1.69. The van der Waals surface area contributed by atoms with E-state index in [-0.39, 0.29) is 0 Å². The number of ether oxygens (including phenoxy) is 2. The zero-order valence-corrected chi connectivity index (χ0v) is 10.1. The summed E-state index contributed by atoms with van der Waals surface area (Å²) in [6.45, 7) is 5.96. The van der Waals surface area contributed by atoms with E-state index in [1.807, 2.05) is 19.1 Å². The van der Waals surface area contributed by atoms with Crippen LogP contribution in [0.2, 0.25) is 0 Å². The lowest BCUT2D eigenvalue weighted by atomic mass is 10.3. The van der Waals surface area contributed by atoms with Crippen molar-refractivity contribution in [1.82, 2.24) is 15.5 Å². The number of hydrogen-bond acceptors (Lipinski definition) is 5. The lowest BCUT2D eigenvalue weighted by Gasteiger charge is -2.11. The molecule has 0 fully saturated rings. The maximum absolute atomic E-state index is 5.21. The standard InChI is InChI=1S/C11H19N3O2/c1-4-16-11-6-5-10(13-14-11)7-12-9(2)8-15-3/h5-6,9,12H,4,7-8H2,1-3H3/t9-/m1/s1. The third-order valence-electron chi connectivity index (χ3n) is 2.04. The first-order chi connectivity index (χ1) is 7.76. The van der Waals surface area contributed by atoms with E-state index in [0.717, 1.165) is 5.69 Å². The second-order valence-corrected chi connectivity index (χ2v) is 3.53. The molecule has 0 bridgehead atoms. The highest BCUT2D eigenvalue weighted by molar-refractivity contribution is 5.11. The van der Waals surface area contributed by atoms with E-state index in [0.29, 0.717) is 31.7 Å². The van der Waals surface area contributed by atoms with E-state index in [9.17, 15) is 0 Å². The minimum absolute atomic E-state index is 0.304. The predicted octanol–water partition coefficient (Wildman–Crippen LogP) is 1.000. The van der Waals surface area contributed by atoms with E-state index in [4.69, 9.17) is 9.47 Å². The van der Waals surface area contributed by atoms with Gasteiger partial charge in [0.25, 0.3) is 0 Å². The number of methoxy groups -OCH3 is 1. The average Bonchev–Trinajstić information content (AvgIpc) is 2.29. The van der Waals surface area contributed by atoms with Crippen molar-refractivity contribution in [2.45, 2.75) is 26.4 Å². The molecule has 0 saturated heterocycles. The van der Waals surface area contributed by atoms with Gasteiger partial charge in [-0.15, -0.1) is 5.10 Å². The molecule has 5 nitrogen and oxygen atoms in total. The molecule has 1 aromatic rings. The highest BCUT2D eigenvalue weighted by Gasteiger charge is 2.02. The Bertz CT molecular complexity index is 290. The van der Waals surface area contributed by atoms with Crippen LogP contribution in [0.4, 0.5) is 0 Å². The van der Waals surface area contributed by atoms with Crippen LogP contribution in [0.25, 0.3) is 0 Å². The second-order valence-electron chi connectivity index (χ2n) is 3.53. The monoisotopic (exact) mass is 225 g/mol. The van der Waals surface area contributed by atoms with E-state index >= 15 is 0 Å². The van der Waals surface area contributed by atoms with Crippen LogP contribution < -0.4 is 10.1 Å². The van der Waals surface area contributed by atoms with Gasteiger partial charge in [0.2, 0.25) is 5.88 Å². The van der Waals surface area contributed by atoms with Crippen molar-refractivity contribution < 1.29 is 9.47 Å². The van der Waals surface area contributed by atoms with Crippen molar-refractivity contribution in [1.29, 1.82) is 0 Å². The first kappa shape index (κ1) is 12.9. The van der Waals surface area contributed by atoms with Crippen molar-refractivity contribution in [2.75, 3.05) is 20.3 Å². The fourth-order valence-electron chi connectivity index (χ4n) is 1.25. The van der Waals surface area contributed by atoms with Crippen molar-refractivity contribution in [3.05, 3.63) is 17.8 Å². The maximum Gasteiger partial charge on any atom is 0.233 e. The molecule has 0 amide bonds. The smallest absolute Gasteiger partial charge is 0.233 e. The number of nitrogens with one attached hydrogen (secondary N) is 1. The Morgan fingerprint density at radius 3 is 2.75 bits per heavy atom. The summed E-state index contributed by atoms with van der Waals surface area (Å²) in [5.74, 6) is 0.566. The van der Waals surface area contributed by atoms with Gasteiger partial charge < -0.3 is 14.8 Å². The molecule has 16 heavy (non-hydrogen) atoms. The van der Waals surface area contributed by atoms with Crippen LogP contribution in [0.1, 0.15) is 19.5 Å². The van der Waals surface area contributed by atoms with Gasteiger partial charge in [-0.3, -0.25) is 0 Å². The molecule has 0 saturated carbocycles. The summed E-state index contributed by atoms with van der Waals surface area (Å²) in [6, 6.07) is 4.04. The van der Waals surface area contributed by atoms with Gasteiger partial charge in [-0.1, -0.05) is 0 Å². The predicted molar refractivity (Wildman–Crippen MR) is 61.4 cm³/mol. The van der Waals surface area contributed by atoms with Crippen LogP contribution in [0.5, 0.6) is 5.88 Å². The van der Waals surface area contributed by atoms with Gasteiger partial charge in [0.1, 0.15) is 0 Å². The molecule has 0 aliphatic rings. The molecular weight excluding hydrogens is 206 g/mol. The molecule has 0 aromatic carbocycles. The molecule has 0 aliphatic carbocycles. The van der Waals surface area contributed by atoms with Crippen LogP contribution in [0.3, 0.4) is 0 Å². The van der Waals surface area contributed by atoms with Gasteiger partial charge >= 0.3 is 0 Å². The van der Waals surface area contributed by atoms with E-state index in [2.05, 4.69) is 22.4 Å². The van der Waals surface area contributed by atoms with Crippen LogP contribution >= 0.6 is 0 Å². The van der Waals surface area contributed by atoms with Crippen molar-refractivity contribution in [2.24, 2.45) is 0 Å². The molecule has 1 atom stereocenters. The van der Waals surface area contributed by atoms with Gasteiger partial charge in [0, 0.05) is 25.8 Å². The first-order valence-corrected chi connectivity index (χ1v) is 5.44. The molecule has 5 heteroatoms. The highest BCUT2D eigenvalue weighted by atomic mass is 16.5. The SMILES string of the molecule is CCOc1ccc(CN[C@H](C)COC)nn1. The van der Waals surface area contributed by atoms with E-state index in [1.165, 1.54) is 0 Å². The Balaban J connectivity index is 2.37. The summed E-state index contributed by atoms with van der Waals surface area (Å²) in [4.78, 5) is 0. The highest BCUT2D eigenvalue weighted by Crippen LogP contribution is 2.04. The normalized spacial score (nSPS) is 12.4. The third-order valence-corrected chi connectivity index (χ3v) is 2.04. The molecule has 0 aliphatic heterocycles. The van der Waals surface area contributed by atoms with Crippen molar-refractivity contribution in [3.63, 3.8) is 0 Å². The Labute approximate surface area is 96.2 Å². The number of aromatic nitrogens is 2. The molecule has 0 spiro atoms. The van der Waals surface area contributed by atoms with Crippen molar-refractivity contribution in [3.8, 4) is 5.88 Å². The molecule has 1 aromatic heterocycles. The van der Waals surface area contributed by atoms with Gasteiger partial charge in [-0.25, -0.2) is 0 Å². The van der Waals surface area contributed by atoms with Crippen LogP contribution in [-0.4, -0.2) is 36.6 Å². The topological polar surface area (TPSA) is 56.3 Å². The summed E-state index contributed by atoms with van der Waals surface area (Å²) in [6.07, 6.45) is 0. The summed E-state index contributed by atoms with van der Waals surface area (Å²) in [5.41, 5.74) is 0.895. The van der Waals surface area contributed by atoms with Gasteiger partial charge in [0.05, 0.1) is 18.9 Å². The third kappa shape index (κ3) is 4.55. The Hall–Kier alpha value is -1.20. The molecule has 0 radical (unpaired) electrons. The van der Waals surface area contributed by atoms with E-state index in [1.54, 1.807) is 7.11 Å². The van der Waals surface area contributed by atoms with Gasteiger partial charge in [0.15, 0.2) is 0 Å². The average molecular weight is 225 g/mol. The molecule has 0 unspecified atom stereocenters. The van der Waals surface area contributed by atoms with Crippen LogP contribution in [0.15, 0.2) is 12.1 Å². The molecular formula is C11H19N3O2. The van der Waals surface area contributed by atoms with Crippen molar-refractivity contribution >= 4 is 0 Å². The molecule has 1 heterocycles. The van der Waals surface area contributed by atoms with Gasteiger partial charge in [-0.2, -0.15) is 5.10 Å². The molecule has 1 rings (SSSR count). The Morgan fingerprint density at radius 1 is 1.38 bits per heavy atom. The van der Waals surface area contributed by atoms with Gasteiger partial charge in [-0.05, 0) is 19.9 Å². The lowest BCUT2D eigenvalue weighted by molar-refractivity contribution is 0.171. The molecule has 90 valence electrons. The summed E-state index contributed by atoms with van der Waals surface area (Å²) in [5, 5.41) is 11.3. The fraction of sp³-hybridized carbons (Fsp3) is 0.636. The molecule has 1 N–H and O–H groups in total. The Kier molecular flexibility index (Phi) is 5.74. The summed E-state index contributed by atoms with van der Waals surface area (Å²) >= 11 is 0. The first-order valence-electron chi connectivity index (χ1n) is 5.44. The largest absolute Gasteiger partial charge is 0.477 e. The lowest BCUT2D eigenvalue weighted by Crippen LogP contribution is -2.29. The number of rotatable bonds is 7. The second kappa shape index (κ2) is 7.14.